The number of amides is 2. The van der Waals surface area contributed by atoms with Crippen LogP contribution >= 0.6 is 0 Å². The monoisotopic (exact) mass is 334 g/mol. The second-order valence-corrected chi connectivity index (χ2v) is 6.70. The van der Waals surface area contributed by atoms with Crippen LogP contribution in [0.5, 0.6) is 0 Å². The maximum Gasteiger partial charge on any atom is 0.248 e. The summed E-state index contributed by atoms with van der Waals surface area (Å²) in [4.78, 5) is 28.5. The molecule has 2 fully saturated rings. The molecule has 0 unspecified atom stereocenters. The summed E-state index contributed by atoms with van der Waals surface area (Å²) in [6.45, 7) is 2.01. The summed E-state index contributed by atoms with van der Waals surface area (Å²) in [7, 11) is 1.49. The number of rotatable bonds is 4. The van der Waals surface area contributed by atoms with Gasteiger partial charge in [0.1, 0.15) is 12.4 Å². The third-order valence-corrected chi connectivity index (χ3v) is 5.12. The van der Waals surface area contributed by atoms with Crippen molar-refractivity contribution in [3.05, 3.63) is 35.6 Å². The minimum Gasteiger partial charge on any atom is -0.375 e. The maximum absolute atomic E-state index is 13.9. The van der Waals surface area contributed by atoms with Crippen molar-refractivity contribution in [1.82, 2.24) is 9.80 Å². The second-order valence-electron chi connectivity index (χ2n) is 6.70. The van der Waals surface area contributed by atoms with Crippen LogP contribution in [0, 0.1) is 11.2 Å². The van der Waals surface area contributed by atoms with Gasteiger partial charge < -0.3 is 14.5 Å². The second kappa shape index (κ2) is 6.89. The number of hydrogen-bond acceptors (Lipinski definition) is 3. The van der Waals surface area contributed by atoms with Crippen LogP contribution in [0.2, 0.25) is 0 Å². The molecule has 2 heterocycles. The largest absolute Gasteiger partial charge is 0.375 e. The molecular weight excluding hydrogens is 311 g/mol. The molecule has 2 aliphatic heterocycles. The van der Waals surface area contributed by atoms with Gasteiger partial charge in [-0.25, -0.2) is 4.39 Å². The number of ether oxygens (including phenoxy) is 1. The molecule has 0 saturated carbocycles. The zero-order valence-corrected chi connectivity index (χ0v) is 14.0. The fourth-order valence-corrected chi connectivity index (χ4v) is 3.81. The van der Waals surface area contributed by atoms with Crippen LogP contribution in [0.25, 0.3) is 0 Å². The molecule has 0 radical (unpaired) electrons. The molecule has 3 rings (SSSR count). The summed E-state index contributed by atoms with van der Waals surface area (Å²) in [5.74, 6) is -0.314. The van der Waals surface area contributed by atoms with Gasteiger partial charge in [-0.2, -0.15) is 0 Å². The van der Waals surface area contributed by atoms with Crippen molar-refractivity contribution in [3.8, 4) is 0 Å². The van der Waals surface area contributed by atoms with E-state index >= 15 is 0 Å². The van der Waals surface area contributed by atoms with E-state index in [1.807, 2.05) is 0 Å². The lowest BCUT2D eigenvalue weighted by atomic mass is 9.78. The van der Waals surface area contributed by atoms with Crippen LogP contribution in [0.4, 0.5) is 4.39 Å². The first kappa shape index (κ1) is 16.9. The summed E-state index contributed by atoms with van der Waals surface area (Å²) >= 11 is 0. The molecule has 1 aromatic carbocycles. The van der Waals surface area contributed by atoms with Gasteiger partial charge in [-0.1, -0.05) is 18.2 Å². The molecule has 0 N–H and O–H groups in total. The molecule has 0 aliphatic carbocycles. The summed E-state index contributed by atoms with van der Waals surface area (Å²) in [6, 6.07) is 6.56. The van der Waals surface area contributed by atoms with Gasteiger partial charge in [-0.3, -0.25) is 9.59 Å². The number of benzene rings is 1. The topological polar surface area (TPSA) is 49.9 Å². The van der Waals surface area contributed by atoms with Gasteiger partial charge >= 0.3 is 0 Å². The van der Waals surface area contributed by atoms with E-state index in [0.29, 0.717) is 38.2 Å². The Kier molecular flexibility index (Phi) is 4.85. The molecule has 6 heteroatoms. The molecule has 24 heavy (non-hydrogen) atoms. The number of methoxy groups -OCH3 is 1. The summed E-state index contributed by atoms with van der Waals surface area (Å²) in [5.41, 5.74) is 0.0283. The Morgan fingerprint density at radius 2 is 2.08 bits per heavy atom. The fraction of sp³-hybridized carbons (Fsp3) is 0.556. The van der Waals surface area contributed by atoms with E-state index in [-0.39, 0.29) is 24.2 Å². The van der Waals surface area contributed by atoms with Gasteiger partial charge in [0.25, 0.3) is 0 Å². The fourth-order valence-electron chi connectivity index (χ4n) is 3.81. The molecule has 130 valence electrons. The average molecular weight is 334 g/mol. The average Bonchev–Trinajstić information content (AvgIpc) is 3.00. The number of carbonyl (C=O) groups excluding carboxylic acids is 2. The minimum atomic E-state index is -0.507. The van der Waals surface area contributed by atoms with Crippen LogP contribution in [-0.2, 0) is 20.9 Å². The normalized spacial score (nSPS) is 24.0. The highest BCUT2D eigenvalue weighted by Gasteiger charge is 2.49. The van der Waals surface area contributed by atoms with E-state index in [4.69, 9.17) is 4.74 Å². The lowest BCUT2D eigenvalue weighted by Gasteiger charge is -2.39. The zero-order valence-electron chi connectivity index (χ0n) is 14.0. The van der Waals surface area contributed by atoms with Crippen LogP contribution < -0.4 is 0 Å². The first-order chi connectivity index (χ1) is 11.6. The molecule has 2 amide bonds. The maximum atomic E-state index is 13.9. The number of nitrogens with zero attached hydrogens (tertiary/aromatic N) is 2. The smallest absolute Gasteiger partial charge is 0.248 e. The molecule has 0 aromatic heterocycles. The van der Waals surface area contributed by atoms with E-state index < -0.39 is 5.41 Å². The highest BCUT2D eigenvalue weighted by molar-refractivity contribution is 5.86. The van der Waals surface area contributed by atoms with Gasteiger partial charge in [0.05, 0.1) is 5.41 Å². The minimum absolute atomic E-state index is 0.0449. The Morgan fingerprint density at radius 3 is 2.83 bits per heavy atom. The molecule has 2 aliphatic rings. The van der Waals surface area contributed by atoms with Crippen molar-refractivity contribution in [1.29, 1.82) is 0 Å². The first-order valence-corrected chi connectivity index (χ1v) is 8.35. The van der Waals surface area contributed by atoms with E-state index in [1.54, 1.807) is 28.0 Å². The van der Waals surface area contributed by atoms with E-state index in [2.05, 4.69) is 0 Å². The Morgan fingerprint density at radius 1 is 1.29 bits per heavy atom. The quantitative estimate of drug-likeness (QED) is 0.844. The lowest BCUT2D eigenvalue weighted by molar-refractivity contribution is -0.147. The Labute approximate surface area is 141 Å². The van der Waals surface area contributed by atoms with E-state index in [9.17, 15) is 14.0 Å². The Balaban J connectivity index is 1.71. The summed E-state index contributed by atoms with van der Waals surface area (Å²) in [6.07, 6.45) is 2.35. The van der Waals surface area contributed by atoms with Crippen molar-refractivity contribution in [2.75, 3.05) is 33.4 Å². The predicted molar refractivity (Wildman–Crippen MR) is 86.6 cm³/mol. The van der Waals surface area contributed by atoms with Crippen LogP contribution in [-0.4, -0.2) is 55.0 Å². The molecule has 2 saturated heterocycles. The van der Waals surface area contributed by atoms with Crippen LogP contribution in [0.1, 0.15) is 24.8 Å². The molecule has 1 aromatic rings. The highest BCUT2D eigenvalue weighted by Crippen LogP contribution is 2.40. The number of carbonyl (C=O) groups is 2. The van der Waals surface area contributed by atoms with Crippen LogP contribution in [0.3, 0.4) is 0 Å². The number of halogens is 1. The van der Waals surface area contributed by atoms with Crippen molar-refractivity contribution < 1.29 is 18.7 Å². The molecule has 5 nitrogen and oxygen atoms in total. The number of piperidine rings is 1. The number of hydrogen-bond donors (Lipinski definition) is 0. The van der Waals surface area contributed by atoms with E-state index in [0.717, 1.165) is 12.8 Å². The van der Waals surface area contributed by atoms with Crippen molar-refractivity contribution in [2.45, 2.75) is 25.8 Å². The third-order valence-electron chi connectivity index (χ3n) is 5.12. The molecule has 1 atom stereocenters. The van der Waals surface area contributed by atoms with E-state index in [1.165, 1.54) is 13.2 Å². The van der Waals surface area contributed by atoms with Gasteiger partial charge in [-0.05, 0) is 25.3 Å². The SMILES string of the molecule is COCC(=O)N1CC[C@@]2(CCCN(Cc3ccccc3F)C2=O)C1. The Bertz CT molecular complexity index is 636. The summed E-state index contributed by atoms with van der Waals surface area (Å²) < 4.78 is 18.8. The standard InChI is InChI=1S/C18H23FN2O3/c1-24-12-16(22)21-10-8-18(13-21)7-4-9-20(17(18)23)11-14-5-2-3-6-15(14)19/h2-3,5-6H,4,7-13H2,1H3/t18-/m0/s1. The molecule has 0 bridgehead atoms. The lowest BCUT2D eigenvalue weighted by Crippen LogP contribution is -2.50. The van der Waals surface area contributed by atoms with Crippen molar-refractivity contribution >= 4 is 11.8 Å². The van der Waals surface area contributed by atoms with Crippen molar-refractivity contribution in [3.63, 3.8) is 0 Å². The predicted octanol–water partition coefficient (Wildman–Crippen LogP) is 1.81. The van der Waals surface area contributed by atoms with Gasteiger partial charge in [0, 0.05) is 38.9 Å². The summed E-state index contributed by atoms with van der Waals surface area (Å²) in [5, 5.41) is 0. The highest BCUT2D eigenvalue weighted by atomic mass is 19.1. The van der Waals surface area contributed by atoms with Crippen LogP contribution in [0.15, 0.2) is 24.3 Å². The molecule has 1 spiro atoms. The first-order valence-electron chi connectivity index (χ1n) is 8.35. The Hall–Kier alpha value is -1.95. The van der Waals surface area contributed by atoms with Gasteiger partial charge in [-0.15, -0.1) is 0 Å². The zero-order chi connectivity index (χ0) is 17.2. The van der Waals surface area contributed by atoms with Gasteiger partial charge in [0.15, 0.2) is 0 Å². The van der Waals surface area contributed by atoms with Gasteiger partial charge in [0.2, 0.25) is 11.8 Å². The van der Waals surface area contributed by atoms with Crippen molar-refractivity contribution in [2.24, 2.45) is 5.41 Å². The number of likely N-dealkylation sites (tertiary alicyclic amines) is 2. The molecular formula is C18H23FN2O3. The third kappa shape index (κ3) is 3.15.